The quantitative estimate of drug-likeness (QED) is 0.0285. The minimum absolute atomic E-state index is 0. The number of hydrogen-bond donors (Lipinski definition) is 9. The van der Waals surface area contributed by atoms with Crippen LogP contribution in [0.5, 0.6) is 0 Å². The van der Waals surface area contributed by atoms with Gasteiger partial charge < -0.3 is 100 Å². The molecule has 26 nitrogen and oxygen atoms in total. The fraction of sp³-hybridized carbons (Fsp3) is 0.600. The second-order valence-electron chi connectivity index (χ2n) is 36.7. The van der Waals surface area contributed by atoms with E-state index in [-0.39, 0.29) is 67.0 Å². The van der Waals surface area contributed by atoms with E-state index < -0.39 is 42.9 Å². The smallest absolute Gasteiger partial charge is 0.399 e. The monoisotopic (exact) mass is 1820 g/mol. The largest absolute Gasteiger partial charge is 0.495 e. The SMILES string of the molecule is CC1(Nc2cc(I)cc(N3CCOCC3)n2)CC(O)C1.CC[C@@H]1CCN(C(=O)Nc2ccc(C)c(-c3cc(NC4(C)CC(O)C4)nc(N4CCOCC4)c3)c2)C1.CC[C@@H]1CCN(C(=O)Nc2ccc(C)c(-c3cc(NC4(C)CC(O)C4)nc(N4CCOCC4)c3)c2)C1.Cc1ccc(NC(=O)N2CC[C@@H](CC(F)(F)F)C2)cc1B1OC(C)(C)C(C)(C)O1.S. The molecule has 122 heavy (non-hydrogen) atoms. The first kappa shape index (κ1) is 93.5. The van der Waals surface area contributed by atoms with Gasteiger partial charge in [-0.2, -0.15) is 26.7 Å². The Balaban J connectivity index is 0.000000151. The summed E-state index contributed by atoms with van der Waals surface area (Å²) in [5, 5.41) is 48.9. The molecule has 0 radical (unpaired) electrons. The van der Waals surface area contributed by atoms with Crippen molar-refractivity contribution in [3.63, 3.8) is 0 Å². The predicted octanol–water partition coefficient (Wildman–Crippen LogP) is 15.0. The van der Waals surface area contributed by atoms with Gasteiger partial charge in [-0.15, -0.1) is 0 Å². The average Bonchev–Trinajstić information content (AvgIpc) is 1.63. The highest BCUT2D eigenvalue weighted by Gasteiger charge is 2.52. The maximum atomic E-state index is 12.9. The standard InChI is InChI=1S/2C28H39N5O3.C20H28BF3N2O3.C14H20IN3O2.H2S/c2*1-4-20-7-8-33(18-20)27(35)29-22-6-5-19(2)24(15-22)21-13-25(31-28(3)16-23(34)17-28)30-26(14-21)32-9-11-36-12-10-32;1-13-6-7-15(10-16(13)21-28-18(2,3)19(4,5)29-21)25-17(27)26-9-8-14(12-26)11-20(22,23)24;1-14(8-11(19)9-14)17-12-6-10(15)7-13(16-12)18-2-4-20-5-3-18;/h2*5-6,13-15,20,23,34H,4,7-12,16-18H2,1-3H3,(H,29,35)(H,30,31);6-7,10,14H,8-9,11-12H2,1-5H3,(H,25,27);6-7,11,19H,2-5,8-9H2,1H3,(H,16,17);1H2/t2*20-,23?,28?;14-;;/m110../s1. The van der Waals surface area contributed by atoms with Crippen LogP contribution in [0, 0.1) is 42.1 Å². The van der Waals surface area contributed by atoms with Gasteiger partial charge in [-0.25, -0.2) is 29.3 Å². The molecule has 6 aromatic rings. The number of carbonyl (C=O) groups is 3. The summed E-state index contributed by atoms with van der Waals surface area (Å²) in [7, 11) is -0.556. The molecule has 7 saturated heterocycles. The van der Waals surface area contributed by atoms with E-state index in [0.29, 0.717) is 82.6 Å². The summed E-state index contributed by atoms with van der Waals surface area (Å²) in [4.78, 5) is 65.0. The number of anilines is 9. The van der Waals surface area contributed by atoms with E-state index in [1.54, 1.807) is 12.1 Å². The molecule has 9 N–H and O–H groups in total. The van der Waals surface area contributed by atoms with Crippen molar-refractivity contribution in [3.05, 3.63) is 111 Å². The summed E-state index contributed by atoms with van der Waals surface area (Å²) in [5.74, 6) is 6.00. The Labute approximate surface area is 738 Å². The molecule has 32 heteroatoms. The van der Waals surface area contributed by atoms with Gasteiger partial charge in [0.05, 0.1) is 69.2 Å². The summed E-state index contributed by atoms with van der Waals surface area (Å²) in [6.45, 7) is 37.8. The lowest BCUT2D eigenvalue weighted by molar-refractivity contribution is -0.143. The zero-order chi connectivity index (χ0) is 86.3. The molecule has 0 spiro atoms. The van der Waals surface area contributed by atoms with Crippen molar-refractivity contribution in [2.75, 3.05) is 165 Å². The number of morpholine rings is 3. The molecule has 3 aromatic carbocycles. The number of aromatic nitrogens is 3. The molecule has 3 atom stereocenters. The number of alkyl halides is 3. The van der Waals surface area contributed by atoms with Crippen LogP contribution in [0.4, 0.5) is 79.5 Å². The molecular formula is C90H128BF3IN15O11S. The van der Waals surface area contributed by atoms with Gasteiger partial charge in [0, 0.05) is 122 Å². The number of halogens is 4. The Morgan fingerprint density at radius 2 is 0.795 bits per heavy atom. The summed E-state index contributed by atoms with van der Waals surface area (Å²) < 4.78 is 67.6. The summed E-state index contributed by atoms with van der Waals surface area (Å²) >= 11 is 2.33. The van der Waals surface area contributed by atoms with Crippen LogP contribution in [-0.4, -0.2) is 241 Å². The fourth-order valence-electron chi connectivity index (χ4n) is 17.8. The first-order valence-corrected chi connectivity index (χ1v) is 44.5. The van der Waals surface area contributed by atoms with Crippen LogP contribution in [0.1, 0.15) is 156 Å². The second kappa shape index (κ2) is 39.9. The molecule has 16 rings (SSSR count). The lowest BCUT2D eigenvalue weighted by Gasteiger charge is -2.43. The van der Waals surface area contributed by atoms with Crippen molar-refractivity contribution in [3.8, 4) is 22.3 Å². The third-order valence-electron chi connectivity index (χ3n) is 25.8. The first-order chi connectivity index (χ1) is 57.4. The van der Waals surface area contributed by atoms with Gasteiger partial charge in [-0.3, -0.25) is 0 Å². The van der Waals surface area contributed by atoms with Crippen LogP contribution in [-0.2, 0) is 23.5 Å². The molecule has 10 fully saturated rings. The normalized spacial score (nSPS) is 25.8. The third-order valence-corrected chi connectivity index (χ3v) is 26.5. The lowest BCUT2D eigenvalue weighted by atomic mass is 9.76. The van der Waals surface area contributed by atoms with Crippen molar-refractivity contribution in [1.82, 2.24) is 29.7 Å². The number of aliphatic hydroxyl groups is 3. The minimum Gasteiger partial charge on any atom is -0.399 e. The van der Waals surface area contributed by atoms with Crippen molar-refractivity contribution < 1.29 is 66.4 Å². The molecule has 0 unspecified atom stereocenters. The summed E-state index contributed by atoms with van der Waals surface area (Å²) in [5.41, 5.74) is 9.14. The number of benzene rings is 3. The van der Waals surface area contributed by atoms with E-state index in [1.807, 2.05) is 62.6 Å². The Morgan fingerprint density at radius 1 is 0.467 bits per heavy atom. The number of carbonyl (C=O) groups excluding carboxylic acids is 3. The zero-order valence-corrected chi connectivity index (χ0v) is 76.2. The highest BCUT2D eigenvalue weighted by Crippen LogP contribution is 2.43. The van der Waals surface area contributed by atoms with Gasteiger partial charge in [0.25, 0.3) is 0 Å². The predicted molar refractivity (Wildman–Crippen MR) is 491 cm³/mol. The maximum absolute atomic E-state index is 12.9. The number of aryl methyl sites for hydroxylation is 3. The van der Waals surface area contributed by atoms with E-state index in [1.165, 1.54) is 8.47 Å². The van der Waals surface area contributed by atoms with Crippen LogP contribution in [0.2, 0.25) is 0 Å². The molecule has 0 bridgehead atoms. The number of rotatable bonds is 18. The third kappa shape index (κ3) is 24.3. The molecule has 3 saturated carbocycles. The molecule has 666 valence electrons. The molecule has 6 amide bonds. The van der Waals surface area contributed by atoms with Gasteiger partial charge in [-0.05, 0) is 279 Å². The maximum Gasteiger partial charge on any atom is 0.495 e. The van der Waals surface area contributed by atoms with Crippen LogP contribution in [0.25, 0.3) is 22.3 Å². The highest BCUT2D eigenvalue weighted by molar-refractivity contribution is 14.1. The molecular weight excluding hydrogens is 1690 g/mol. The Morgan fingerprint density at radius 3 is 1.14 bits per heavy atom. The average molecular weight is 1820 g/mol. The fourth-order valence-corrected chi connectivity index (χ4v) is 18.4. The molecule has 10 aliphatic rings. The van der Waals surface area contributed by atoms with E-state index in [2.05, 4.69) is 178 Å². The number of pyridine rings is 3. The number of nitrogens with one attached hydrogen (secondary N) is 6. The molecule has 7 aliphatic heterocycles. The van der Waals surface area contributed by atoms with Crippen molar-refractivity contribution in [2.45, 2.75) is 212 Å². The van der Waals surface area contributed by atoms with Gasteiger partial charge >= 0.3 is 31.4 Å². The summed E-state index contributed by atoms with van der Waals surface area (Å²) in [6, 6.07) is 29.8. The number of likely N-dealkylation sites (tertiary alicyclic amines) is 3. The highest BCUT2D eigenvalue weighted by atomic mass is 127. The lowest BCUT2D eigenvalue weighted by Crippen LogP contribution is -2.50. The summed E-state index contributed by atoms with van der Waals surface area (Å²) in [6.07, 6.45) is 3.42. The van der Waals surface area contributed by atoms with Crippen molar-refractivity contribution >= 4 is 119 Å². The number of nitrogens with zero attached hydrogens (tertiary/aromatic N) is 9. The Bertz CT molecular complexity index is 4390. The van der Waals surface area contributed by atoms with E-state index >= 15 is 0 Å². The van der Waals surface area contributed by atoms with Crippen LogP contribution < -0.4 is 52.1 Å². The second-order valence-corrected chi connectivity index (χ2v) is 38.0. The number of aliphatic hydroxyl groups excluding tert-OH is 3. The number of urea groups is 3. The van der Waals surface area contributed by atoms with Crippen LogP contribution in [0.15, 0.2) is 91.0 Å². The van der Waals surface area contributed by atoms with Gasteiger partial charge in [0.2, 0.25) is 0 Å². The Hall–Kier alpha value is -7.67. The van der Waals surface area contributed by atoms with Crippen LogP contribution >= 0.6 is 36.1 Å². The zero-order valence-electron chi connectivity index (χ0n) is 73.1. The van der Waals surface area contributed by atoms with E-state index in [9.17, 15) is 42.9 Å². The topological polar surface area (TPSA) is 288 Å². The van der Waals surface area contributed by atoms with Gasteiger partial charge in [-0.1, -0.05) is 50.5 Å². The van der Waals surface area contributed by atoms with Gasteiger partial charge in [0.1, 0.15) is 34.9 Å². The van der Waals surface area contributed by atoms with Crippen LogP contribution in [0.3, 0.4) is 0 Å². The number of hydrogen-bond acceptors (Lipinski definition) is 20. The number of amides is 6. The molecule has 3 aliphatic carbocycles. The Kier molecular flexibility index (Phi) is 30.6. The molecule has 10 heterocycles. The van der Waals surface area contributed by atoms with E-state index in [0.717, 1.165) is 208 Å². The van der Waals surface area contributed by atoms with Crippen molar-refractivity contribution in [2.24, 2.45) is 17.8 Å². The van der Waals surface area contributed by atoms with E-state index in [4.69, 9.17) is 38.5 Å². The number of ether oxygens (including phenoxy) is 3. The van der Waals surface area contributed by atoms with Crippen molar-refractivity contribution in [1.29, 1.82) is 0 Å². The first-order valence-electron chi connectivity index (χ1n) is 43.5. The molecule has 3 aromatic heterocycles. The van der Waals surface area contributed by atoms with Gasteiger partial charge in [0.15, 0.2) is 0 Å². The minimum atomic E-state index is -4.20.